The van der Waals surface area contributed by atoms with E-state index >= 15 is 0 Å². The predicted octanol–water partition coefficient (Wildman–Crippen LogP) is 5.97. The van der Waals surface area contributed by atoms with Crippen molar-refractivity contribution in [3.05, 3.63) is 75.7 Å². The summed E-state index contributed by atoms with van der Waals surface area (Å²) in [7, 11) is 0. The molecule has 1 heterocycles. The van der Waals surface area contributed by atoms with Crippen LogP contribution in [-0.4, -0.2) is 22.5 Å². The van der Waals surface area contributed by atoms with Crippen LogP contribution < -0.4 is 10.1 Å². The number of nitrogens with one attached hydrogen (secondary N) is 2. The van der Waals surface area contributed by atoms with Gasteiger partial charge in [-0.2, -0.15) is 0 Å². The summed E-state index contributed by atoms with van der Waals surface area (Å²) in [6, 6.07) is 18.6. The van der Waals surface area contributed by atoms with Crippen molar-refractivity contribution in [1.29, 1.82) is 0 Å². The average Bonchev–Trinajstić information content (AvgIpc) is 3.11. The maximum absolute atomic E-state index is 12.2. The van der Waals surface area contributed by atoms with Gasteiger partial charge in [0.15, 0.2) is 6.61 Å². The van der Waals surface area contributed by atoms with Crippen molar-refractivity contribution in [2.45, 2.75) is 6.92 Å². The van der Waals surface area contributed by atoms with Gasteiger partial charge in [0, 0.05) is 20.7 Å². The molecule has 1 aromatic heterocycles. The number of fused-ring (bicyclic) bond motifs is 1. The van der Waals surface area contributed by atoms with E-state index in [1.807, 2.05) is 55.5 Å². The summed E-state index contributed by atoms with van der Waals surface area (Å²) in [5, 5.41) is 3.53. The molecule has 0 saturated heterocycles. The normalized spacial score (nSPS) is 10.9. The van der Waals surface area contributed by atoms with Crippen molar-refractivity contribution in [3.8, 4) is 17.1 Å². The van der Waals surface area contributed by atoms with Crippen LogP contribution in [0.1, 0.15) is 5.56 Å². The number of halogens is 2. The Balaban J connectivity index is 1.47. The molecule has 0 radical (unpaired) electrons. The molecule has 0 aliphatic carbocycles. The molecule has 7 heteroatoms. The van der Waals surface area contributed by atoms with Gasteiger partial charge in [-0.25, -0.2) is 4.98 Å². The SMILES string of the molecule is Cc1cc2[nH]c(-c3cccc(NC(=O)COc4ccc(Br)cc4)c3)nc2cc1Cl. The fraction of sp³-hybridized carbons (Fsp3) is 0.0909. The van der Waals surface area contributed by atoms with Gasteiger partial charge in [-0.15, -0.1) is 0 Å². The van der Waals surface area contributed by atoms with Crippen LogP contribution in [0.25, 0.3) is 22.4 Å². The third-order valence-electron chi connectivity index (χ3n) is 4.37. The first-order chi connectivity index (χ1) is 14.0. The number of nitrogens with zero attached hydrogens (tertiary/aromatic N) is 1. The van der Waals surface area contributed by atoms with Crippen LogP contribution in [0.15, 0.2) is 65.1 Å². The fourth-order valence-corrected chi connectivity index (χ4v) is 3.32. The number of ether oxygens (including phenoxy) is 1. The molecular weight excluding hydrogens is 454 g/mol. The second-order valence-corrected chi connectivity index (χ2v) is 7.90. The van der Waals surface area contributed by atoms with Crippen molar-refractivity contribution in [1.82, 2.24) is 9.97 Å². The highest BCUT2D eigenvalue weighted by atomic mass is 79.9. The van der Waals surface area contributed by atoms with Gasteiger partial charge in [-0.05, 0) is 61.0 Å². The summed E-state index contributed by atoms with van der Waals surface area (Å²) in [6.07, 6.45) is 0. The number of amides is 1. The van der Waals surface area contributed by atoms with E-state index in [0.717, 1.165) is 26.6 Å². The van der Waals surface area contributed by atoms with Crippen LogP contribution in [0.2, 0.25) is 5.02 Å². The van der Waals surface area contributed by atoms with Crippen LogP contribution >= 0.6 is 27.5 Å². The number of carbonyl (C=O) groups excluding carboxylic acids is 1. The van der Waals surface area contributed by atoms with Crippen LogP contribution in [0.5, 0.6) is 5.75 Å². The summed E-state index contributed by atoms with van der Waals surface area (Å²) >= 11 is 9.56. The Kier molecular flexibility index (Phi) is 5.56. The molecule has 0 aliphatic rings. The number of hydrogen-bond donors (Lipinski definition) is 2. The van der Waals surface area contributed by atoms with Crippen LogP contribution in [0, 0.1) is 6.92 Å². The van der Waals surface area contributed by atoms with E-state index in [9.17, 15) is 4.79 Å². The zero-order valence-electron chi connectivity index (χ0n) is 15.5. The molecule has 4 aromatic rings. The molecule has 3 aromatic carbocycles. The van der Waals surface area contributed by atoms with Crippen molar-refractivity contribution >= 4 is 50.2 Å². The van der Waals surface area contributed by atoms with Gasteiger partial charge in [-0.1, -0.05) is 39.7 Å². The fourth-order valence-electron chi connectivity index (χ4n) is 2.90. The summed E-state index contributed by atoms with van der Waals surface area (Å²) in [5.41, 5.74) is 4.23. The topological polar surface area (TPSA) is 67.0 Å². The first kappa shape index (κ1) is 19.5. The summed E-state index contributed by atoms with van der Waals surface area (Å²) in [4.78, 5) is 20.1. The number of benzene rings is 3. The smallest absolute Gasteiger partial charge is 0.262 e. The monoisotopic (exact) mass is 469 g/mol. The Labute approximate surface area is 181 Å². The second-order valence-electron chi connectivity index (χ2n) is 6.58. The summed E-state index contributed by atoms with van der Waals surface area (Å²) in [5.74, 6) is 1.11. The molecule has 2 N–H and O–H groups in total. The van der Waals surface area contributed by atoms with E-state index in [1.165, 1.54) is 0 Å². The molecule has 0 spiro atoms. The molecule has 0 aliphatic heterocycles. The van der Waals surface area contributed by atoms with Gasteiger partial charge in [0.25, 0.3) is 5.91 Å². The lowest BCUT2D eigenvalue weighted by molar-refractivity contribution is -0.118. The largest absolute Gasteiger partial charge is 0.484 e. The van der Waals surface area contributed by atoms with E-state index in [4.69, 9.17) is 16.3 Å². The Morgan fingerprint density at radius 3 is 2.76 bits per heavy atom. The minimum Gasteiger partial charge on any atom is -0.484 e. The molecule has 5 nitrogen and oxygen atoms in total. The zero-order valence-corrected chi connectivity index (χ0v) is 17.8. The van der Waals surface area contributed by atoms with Crippen molar-refractivity contribution in [2.75, 3.05) is 11.9 Å². The Morgan fingerprint density at radius 2 is 1.97 bits per heavy atom. The minimum atomic E-state index is -0.239. The number of rotatable bonds is 5. The first-order valence-electron chi connectivity index (χ1n) is 8.92. The third kappa shape index (κ3) is 4.60. The van der Waals surface area contributed by atoms with Gasteiger partial charge in [0.05, 0.1) is 11.0 Å². The molecule has 0 unspecified atom stereocenters. The van der Waals surface area contributed by atoms with Gasteiger partial charge < -0.3 is 15.0 Å². The maximum atomic E-state index is 12.2. The van der Waals surface area contributed by atoms with Crippen molar-refractivity contribution in [3.63, 3.8) is 0 Å². The van der Waals surface area contributed by atoms with Gasteiger partial charge in [0.2, 0.25) is 0 Å². The highest BCUT2D eigenvalue weighted by molar-refractivity contribution is 9.10. The number of anilines is 1. The molecule has 0 saturated carbocycles. The molecule has 1 amide bonds. The molecule has 146 valence electrons. The van der Waals surface area contributed by atoms with E-state index in [1.54, 1.807) is 12.1 Å². The maximum Gasteiger partial charge on any atom is 0.262 e. The molecular formula is C22H17BrClN3O2. The highest BCUT2D eigenvalue weighted by Gasteiger charge is 2.10. The Hall–Kier alpha value is -2.83. The lowest BCUT2D eigenvalue weighted by Crippen LogP contribution is -2.20. The molecule has 0 fully saturated rings. The number of aromatic amines is 1. The Morgan fingerprint density at radius 1 is 1.17 bits per heavy atom. The quantitative estimate of drug-likeness (QED) is 0.377. The Bertz CT molecular complexity index is 1150. The van der Waals surface area contributed by atoms with Crippen LogP contribution in [0.4, 0.5) is 5.69 Å². The number of H-pyrrole nitrogens is 1. The molecule has 4 rings (SSSR count). The number of carbonyl (C=O) groups is 1. The predicted molar refractivity (Wildman–Crippen MR) is 120 cm³/mol. The van der Waals surface area contributed by atoms with Gasteiger partial charge in [0.1, 0.15) is 11.6 Å². The summed E-state index contributed by atoms with van der Waals surface area (Å²) in [6.45, 7) is 1.88. The van der Waals surface area contributed by atoms with E-state index < -0.39 is 0 Å². The number of aromatic nitrogens is 2. The molecule has 29 heavy (non-hydrogen) atoms. The van der Waals surface area contributed by atoms with Crippen LogP contribution in [0.3, 0.4) is 0 Å². The number of aryl methyl sites for hydroxylation is 1. The second kappa shape index (κ2) is 8.27. The van der Waals surface area contributed by atoms with E-state index in [-0.39, 0.29) is 12.5 Å². The lowest BCUT2D eigenvalue weighted by atomic mass is 10.2. The third-order valence-corrected chi connectivity index (χ3v) is 5.30. The average molecular weight is 471 g/mol. The first-order valence-corrected chi connectivity index (χ1v) is 10.1. The number of hydrogen-bond acceptors (Lipinski definition) is 3. The van der Waals surface area contributed by atoms with Crippen molar-refractivity contribution in [2.24, 2.45) is 0 Å². The standard InChI is InChI=1S/C22H17BrClN3O2/c1-13-9-19-20(11-18(13)24)27-22(26-19)14-3-2-4-16(10-14)25-21(28)12-29-17-7-5-15(23)6-8-17/h2-11H,12H2,1H3,(H,25,28)(H,26,27). The lowest BCUT2D eigenvalue weighted by Gasteiger charge is -2.08. The van der Waals surface area contributed by atoms with E-state index in [0.29, 0.717) is 22.3 Å². The van der Waals surface area contributed by atoms with Crippen molar-refractivity contribution < 1.29 is 9.53 Å². The van der Waals surface area contributed by atoms with Crippen LogP contribution in [-0.2, 0) is 4.79 Å². The summed E-state index contributed by atoms with van der Waals surface area (Å²) < 4.78 is 6.46. The molecule has 0 atom stereocenters. The van der Waals surface area contributed by atoms with E-state index in [2.05, 4.69) is 31.2 Å². The van der Waals surface area contributed by atoms with Gasteiger partial charge >= 0.3 is 0 Å². The zero-order chi connectivity index (χ0) is 20.4. The molecule has 0 bridgehead atoms. The number of imidazole rings is 1. The highest BCUT2D eigenvalue weighted by Crippen LogP contribution is 2.26. The minimum absolute atomic E-state index is 0.0751. The van der Waals surface area contributed by atoms with Gasteiger partial charge in [-0.3, -0.25) is 4.79 Å².